The van der Waals surface area contributed by atoms with E-state index in [4.69, 9.17) is 9.84 Å². The summed E-state index contributed by atoms with van der Waals surface area (Å²) in [6.07, 6.45) is 0. The fourth-order valence-electron chi connectivity index (χ4n) is 0.488. The Morgan fingerprint density at radius 2 is 1.85 bits per heavy atom. The molecule has 0 radical (unpaired) electrons. The quantitative estimate of drug-likeness (QED) is 0.678. The summed E-state index contributed by atoms with van der Waals surface area (Å²) in [6.45, 7) is 6.60. The highest BCUT2D eigenvalue weighted by Crippen LogP contribution is 2.15. The average molecular weight is 188 g/mol. The van der Waals surface area contributed by atoms with Gasteiger partial charge in [0, 0.05) is 0 Å². The van der Waals surface area contributed by atoms with Gasteiger partial charge in [-0.1, -0.05) is 0 Å². The van der Waals surface area contributed by atoms with Gasteiger partial charge in [-0.25, -0.2) is 0 Å². The van der Waals surface area contributed by atoms with E-state index in [2.05, 4.69) is 0 Å². The molecule has 0 heterocycles. The summed E-state index contributed by atoms with van der Waals surface area (Å²) in [5, 5.41) is 8.51. The molecule has 1 unspecified atom stereocenters. The first-order valence-corrected chi connectivity index (χ1v) is 4.15. The molecule has 0 spiro atoms. The molecule has 0 aromatic carbocycles. The molecule has 0 aliphatic heterocycles. The van der Waals surface area contributed by atoms with Gasteiger partial charge < -0.3 is 9.84 Å². The minimum atomic E-state index is -0.957. The number of hydrogen-bond donors (Lipinski definition) is 1. The molecule has 1 atom stereocenters. The molecule has 4 nitrogen and oxygen atoms in total. The Morgan fingerprint density at radius 3 is 2.15 bits per heavy atom. The molecule has 0 saturated heterocycles. The lowest BCUT2D eigenvalue weighted by atomic mass is 9.97. The monoisotopic (exact) mass is 188 g/mol. The smallest absolute Gasteiger partial charge is 0.311 e. The fourth-order valence-corrected chi connectivity index (χ4v) is 0.488. The van der Waals surface area contributed by atoms with E-state index in [0.717, 1.165) is 0 Å². The van der Waals surface area contributed by atoms with E-state index in [0.29, 0.717) is 0 Å². The van der Waals surface area contributed by atoms with Crippen LogP contribution in [0.5, 0.6) is 0 Å². The first kappa shape index (κ1) is 11.9. The van der Waals surface area contributed by atoms with Crippen molar-refractivity contribution in [2.45, 2.75) is 27.7 Å². The molecule has 0 bridgehead atoms. The zero-order valence-corrected chi connectivity index (χ0v) is 8.46. The Labute approximate surface area is 77.9 Å². The third kappa shape index (κ3) is 4.50. The molecule has 0 aliphatic carbocycles. The van der Waals surface area contributed by atoms with Gasteiger partial charge in [-0.3, -0.25) is 9.59 Å². The van der Waals surface area contributed by atoms with Crippen molar-refractivity contribution in [1.29, 1.82) is 0 Å². The maximum atomic E-state index is 11.2. The standard InChI is InChI=1S/C9H16O4/c1-6(7(10)11)5-13-8(12)9(2,3)4/h6H,5H2,1-4H3,(H,10,11). The Morgan fingerprint density at radius 1 is 1.38 bits per heavy atom. The van der Waals surface area contributed by atoms with Crippen LogP contribution in [0.1, 0.15) is 27.7 Å². The topological polar surface area (TPSA) is 63.6 Å². The van der Waals surface area contributed by atoms with E-state index in [-0.39, 0.29) is 12.6 Å². The molecule has 0 fully saturated rings. The Balaban J connectivity index is 3.91. The van der Waals surface area contributed by atoms with Crippen LogP contribution in [0, 0.1) is 11.3 Å². The summed E-state index contributed by atoms with van der Waals surface area (Å²) in [4.78, 5) is 21.5. The third-order valence-corrected chi connectivity index (χ3v) is 1.50. The minimum absolute atomic E-state index is 0.0641. The lowest BCUT2D eigenvalue weighted by Crippen LogP contribution is -2.26. The van der Waals surface area contributed by atoms with Gasteiger partial charge in [0.05, 0.1) is 11.3 Å². The van der Waals surface area contributed by atoms with Crippen LogP contribution >= 0.6 is 0 Å². The molecule has 0 aliphatic rings. The van der Waals surface area contributed by atoms with Crippen molar-refractivity contribution >= 4 is 11.9 Å². The Bertz CT molecular complexity index is 202. The second-order valence-corrected chi connectivity index (χ2v) is 4.09. The highest BCUT2D eigenvalue weighted by atomic mass is 16.5. The van der Waals surface area contributed by atoms with Crippen molar-refractivity contribution in [1.82, 2.24) is 0 Å². The van der Waals surface area contributed by atoms with Crippen LogP contribution in [-0.2, 0) is 14.3 Å². The van der Waals surface area contributed by atoms with E-state index in [1.165, 1.54) is 6.92 Å². The van der Waals surface area contributed by atoms with Crippen molar-refractivity contribution in [2.75, 3.05) is 6.61 Å². The normalized spacial score (nSPS) is 13.5. The highest BCUT2D eigenvalue weighted by Gasteiger charge is 2.24. The summed E-state index contributed by atoms with van der Waals surface area (Å²) in [6, 6.07) is 0. The van der Waals surface area contributed by atoms with E-state index < -0.39 is 17.3 Å². The lowest BCUT2D eigenvalue weighted by molar-refractivity contribution is -0.157. The van der Waals surface area contributed by atoms with Gasteiger partial charge in [-0.2, -0.15) is 0 Å². The largest absolute Gasteiger partial charge is 0.481 e. The summed E-state index contributed by atoms with van der Waals surface area (Å²) in [5.74, 6) is -1.98. The zero-order chi connectivity index (χ0) is 10.6. The van der Waals surface area contributed by atoms with E-state index in [1.807, 2.05) is 0 Å². The number of hydrogen-bond acceptors (Lipinski definition) is 3. The second-order valence-electron chi connectivity index (χ2n) is 4.09. The van der Waals surface area contributed by atoms with Crippen molar-refractivity contribution in [3.8, 4) is 0 Å². The van der Waals surface area contributed by atoms with Crippen LogP contribution in [0.25, 0.3) is 0 Å². The molecule has 13 heavy (non-hydrogen) atoms. The predicted molar refractivity (Wildman–Crippen MR) is 47.2 cm³/mol. The number of carbonyl (C=O) groups is 2. The molecule has 0 aromatic rings. The molecule has 0 aromatic heterocycles. The molecule has 0 saturated carbocycles. The molecule has 76 valence electrons. The molecule has 1 N–H and O–H groups in total. The van der Waals surface area contributed by atoms with Crippen LogP contribution in [0.2, 0.25) is 0 Å². The van der Waals surface area contributed by atoms with E-state index in [1.54, 1.807) is 20.8 Å². The van der Waals surface area contributed by atoms with Gasteiger partial charge in [-0.05, 0) is 27.7 Å². The van der Waals surface area contributed by atoms with Crippen LogP contribution in [0.4, 0.5) is 0 Å². The molecule has 0 amide bonds. The van der Waals surface area contributed by atoms with E-state index in [9.17, 15) is 9.59 Å². The van der Waals surface area contributed by atoms with Gasteiger partial charge >= 0.3 is 11.9 Å². The maximum Gasteiger partial charge on any atom is 0.311 e. The zero-order valence-electron chi connectivity index (χ0n) is 8.46. The first-order valence-electron chi connectivity index (χ1n) is 4.15. The number of carbonyl (C=O) groups excluding carboxylic acids is 1. The number of esters is 1. The van der Waals surface area contributed by atoms with E-state index >= 15 is 0 Å². The Hall–Kier alpha value is -1.06. The number of carboxylic acid groups (broad SMARTS) is 1. The predicted octanol–water partition coefficient (Wildman–Crippen LogP) is 1.30. The molecular weight excluding hydrogens is 172 g/mol. The molecular formula is C9H16O4. The van der Waals surface area contributed by atoms with Gasteiger partial charge in [0.15, 0.2) is 0 Å². The molecule has 0 rings (SSSR count). The van der Waals surface area contributed by atoms with Crippen molar-refractivity contribution in [3.63, 3.8) is 0 Å². The number of rotatable bonds is 3. The summed E-state index contributed by atoms with van der Waals surface area (Å²) in [7, 11) is 0. The fraction of sp³-hybridized carbons (Fsp3) is 0.778. The van der Waals surface area contributed by atoms with Crippen LogP contribution in [-0.4, -0.2) is 23.7 Å². The van der Waals surface area contributed by atoms with Gasteiger partial charge in [0.25, 0.3) is 0 Å². The summed E-state index contributed by atoms with van der Waals surface area (Å²) >= 11 is 0. The summed E-state index contributed by atoms with van der Waals surface area (Å²) < 4.78 is 4.81. The number of carboxylic acids is 1. The summed E-state index contributed by atoms with van der Waals surface area (Å²) in [5.41, 5.74) is -0.571. The SMILES string of the molecule is CC(COC(=O)C(C)(C)C)C(=O)O. The van der Waals surface area contributed by atoms with Crippen LogP contribution in [0.3, 0.4) is 0 Å². The number of ether oxygens (including phenoxy) is 1. The average Bonchev–Trinajstić information content (AvgIpc) is 1.97. The second kappa shape index (κ2) is 4.25. The van der Waals surface area contributed by atoms with Crippen LogP contribution < -0.4 is 0 Å². The first-order chi connectivity index (χ1) is 5.75. The van der Waals surface area contributed by atoms with Crippen molar-refractivity contribution in [2.24, 2.45) is 11.3 Å². The van der Waals surface area contributed by atoms with Gasteiger partial charge in [-0.15, -0.1) is 0 Å². The molecule has 4 heteroatoms. The van der Waals surface area contributed by atoms with Gasteiger partial charge in [0.1, 0.15) is 6.61 Å². The Kier molecular flexibility index (Phi) is 3.91. The lowest BCUT2D eigenvalue weighted by Gasteiger charge is -2.17. The van der Waals surface area contributed by atoms with Crippen LogP contribution in [0.15, 0.2) is 0 Å². The maximum absolute atomic E-state index is 11.2. The van der Waals surface area contributed by atoms with Gasteiger partial charge in [0.2, 0.25) is 0 Å². The van der Waals surface area contributed by atoms with Crippen molar-refractivity contribution < 1.29 is 19.4 Å². The minimum Gasteiger partial charge on any atom is -0.481 e. The highest BCUT2D eigenvalue weighted by molar-refractivity contribution is 5.76. The number of aliphatic carboxylic acids is 1. The van der Waals surface area contributed by atoms with Crippen molar-refractivity contribution in [3.05, 3.63) is 0 Å². The third-order valence-electron chi connectivity index (χ3n) is 1.50.